The van der Waals surface area contributed by atoms with Crippen LogP contribution in [0.1, 0.15) is 37.5 Å². The van der Waals surface area contributed by atoms with E-state index in [1.54, 1.807) is 23.6 Å². The minimum absolute atomic E-state index is 0.0205. The molecule has 0 aliphatic carbocycles. The van der Waals surface area contributed by atoms with Gasteiger partial charge in [-0.25, -0.2) is 0 Å². The summed E-state index contributed by atoms with van der Waals surface area (Å²) in [6, 6.07) is 17.7. The van der Waals surface area contributed by atoms with Gasteiger partial charge in [-0.2, -0.15) is 0 Å². The summed E-state index contributed by atoms with van der Waals surface area (Å²) in [5, 5.41) is 2.92. The molecule has 2 amide bonds. The number of nitrogens with zero attached hydrogens (tertiary/aromatic N) is 1. The molecule has 150 valence electrons. The van der Waals surface area contributed by atoms with Crippen LogP contribution >= 0.6 is 11.8 Å². The van der Waals surface area contributed by atoms with Gasteiger partial charge in [-0.05, 0) is 38.8 Å². The van der Waals surface area contributed by atoms with Crippen LogP contribution in [-0.4, -0.2) is 34.6 Å². The molecule has 0 unspecified atom stereocenters. The lowest BCUT2D eigenvalue weighted by Crippen LogP contribution is -2.49. The van der Waals surface area contributed by atoms with Gasteiger partial charge in [0.1, 0.15) is 6.04 Å². The van der Waals surface area contributed by atoms with Gasteiger partial charge in [0.2, 0.25) is 11.8 Å². The lowest BCUT2D eigenvalue weighted by atomic mass is 10.1. The van der Waals surface area contributed by atoms with Gasteiger partial charge in [-0.1, -0.05) is 60.2 Å². The van der Waals surface area contributed by atoms with Crippen molar-refractivity contribution in [1.82, 2.24) is 10.2 Å². The Bertz CT molecular complexity index is 760. The molecule has 0 radical (unpaired) electrons. The summed E-state index contributed by atoms with van der Waals surface area (Å²) in [5.74, 6) is 0.980. The fourth-order valence-corrected chi connectivity index (χ4v) is 3.66. The summed E-state index contributed by atoms with van der Waals surface area (Å²) < 4.78 is 0. The van der Waals surface area contributed by atoms with Gasteiger partial charge in [0.25, 0.3) is 0 Å². The van der Waals surface area contributed by atoms with Crippen molar-refractivity contribution >= 4 is 23.6 Å². The van der Waals surface area contributed by atoms with E-state index in [0.717, 1.165) is 11.3 Å². The van der Waals surface area contributed by atoms with E-state index in [9.17, 15) is 9.59 Å². The molecule has 2 aromatic rings. The third-order valence-corrected chi connectivity index (χ3v) is 5.40. The lowest BCUT2D eigenvalue weighted by molar-refractivity contribution is -0.138. The van der Waals surface area contributed by atoms with E-state index in [1.807, 2.05) is 63.2 Å². The molecule has 28 heavy (non-hydrogen) atoms. The van der Waals surface area contributed by atoms with E-state index in [4.69, 9.17) is 0 Å². The number of hydrogen-bond acceptors (Lipinski definition) is 3. The van der Waals surface area contributed by atoms with Crippen LogP contribution in [0.5, 0.6) is 0 Å². The highest BCUT2D eigenvalue weighted by molar-refractivity contribution is 7.99. The maximum atomic E-state index is 13.0. The van der Waals surface area contributed by atoms with Crippen LogP contribution < -0.4 is 5.32 Å². The van der Waals surface area contributed by atoms with Crippen molar-refractivity contribution in [3.05, 3.63) is 71.3 Å². The Morgan fingerprint density at radius 2 is 1.61 bits per heavy atom. The van der Waals surface area contributed by atoms with E-state index < -0.39 is 6.04 Å². The van der Waals surface area contributed by atoms with Gasteiger partial charge in [-0.15, -0.1) is 11.8 Å². The zero-order valence-corrected chi connectivity index (χ0v) is 18.0. The van der Waals surface area contributed by atoms with Crippen LogP contribution in [0.4, 0.5) is 0 Å². The quantitative estimate of drug-likeness (QED) is 0.690. The highest BCUT2D eigenvalue weighted by atomic mass is 32.2. The predicted molar refractivity (Wildman–Crippen MR) is 117 cm³/mol. The largest absolute Gasteiger partial charge is 0.352 e. The fourth-order valence-electron chi connectivity index (χ4n) is 2.79. The third-order valence-electron chi connectivity index (χ3n) is 4.41. The Labute approximate surface area is 172 Å². The first-order valence-corrected chi connectivity index (χ1v) is 10.8. The van der Waals surface area contributed by atoms with E-state index in [2.05, 4.69) is 17.4 Å². The van der Waals surface area contributed by atoms with E-state index in [-0.39, 0.29) is 17.9 Å². The summed E-state index contributed by atoms with van der Waals surface area (Å²) in [6.45, 7) is 8.11. The molecule has 1 N–H and O–H groups in total. The van der Waals surface area contributed by atoms with Crippen molar-refractivity contribution in [3.8, 4) is 0 Å². The monoisotopic (exact) mass is 398 g/mol. The normalized spacial score (nSPS) is 11.9. The second kappa shape index (κ2) is 10.9. The summed E-state index contributed by atoms with van der Waals surface area (Å²) in [6.07, 6.45) is 0. The molecule has 0 saturated heterocycles. The van der Waals surface area contributed by atoms with Crippen molar-refractivity contribution in [1.29, 1.82) is 0 Å². The van der Waals surface area contributed by atoms with Crippen molar-refractivity contribution in [2.75, 3.05) is 5.75 Å². The molecular weight excluding hydrogens is 368 g/mol. The summed E-state index contributed by atoms with van der Waals surface area (Å²) in [7, 11) is 0. The number of amides is 2. The number of benzene rings is 2. The number of rotatable bonds is 9. The van der Waals surface area contributed by atoms with Crippen molar-refractivity contribution in [2.24, 2.45) is 0 Å². The predicted octanol–water partition coefficient (Wildman–Crippen LogP) is 4.17. The van der Waals surface area contributed by atoms with Gasteiger partial charge in [0.05, 0.1) is 5.75 Å². The molecule has 0 bridgehead atoms. The van der Waals surface area contributed by atoms with Gasteiger partial charge in [0.15, 0.2) is 0 Å². The molecule has 2 rings (SSSR count). The zero-order chi connectivity index (χ0) is 20.5. The number of aryl methyl sites for hydroxylation is 1. The van der Waals surface area contributed by atoms with E-state index in [0.29, 0.717) is 12.3 Å². The standard InChI is InChI=1S/C23H30N2O2S/c1-17(2)24-23(27)19(4)25(14-20-12-10-18(3)11-13-20)22(26)16-28-15-21-8-6-5-7-9-21/h5-13,17,19H,14-16H2,1-4H3,(H,24,27)/t19-/m0/s1. The minimum Gasteiger partial charge on any atom is -0.352 e. The molecule has 0 aliphatic rings. The fraction of sp³-hybridized carbons (Fsp3) is 0.391. The molecule has 0 aliphatic heterocycles. The van der Waals surface area contributed by atoms with Crippen LogP contribution in [0.2, 0.25) is 0 Å². The van der Waals surface area contributed by atoms with Crippen molar-refractivity contribution in [3.63, 3.8) is 0 Å². The Morgan fingerprint density at radius 1 is 0.964 bits per heavy atom. The molecular formula is C23H30N2O2S. The van der Waals surface area contributed by atoms with Crippen molar-refractivity contribution in [2.45, 2.75) is 52.1 Å². The molecule has 0 fully saturated rings. The first kappa shape index (κ1) is 22.0. The Hall–Kier alpha value is -2.27. The second-order valence-electron chi connectivity index (χ2n) is 7.32. The molecule has 0 saturated carbocycles. The number of nitrogens with one attached hydrogen (secondary N) is 1. The highest BCUT2D eigenvalue weighted by Gasteiger charge is 2.26. The van der Waals surface area contributed by atoms with Crippen LogP contribution in [0.15, 0.2) is 54.6 Å². The minimum atomic E-state index is -0.520. The van der Waals surface area contributed by atoms with Crippen LogP contribution in [0, 0.1) is 6.92 Å². The van der Waals surface area contributed by atoms with Crippen LogP contribution in [0.25, 0.3) is 0 Å². The Balaban J connectivity index is 2.05. The SMILES string of the molecule is Cc1ccc(CN(C(=O)CSCc2ccccc2)[C@@H](C)C(=O)NC(C)C)cc1. The van der Waals surface area contributed by atoms with Gasteiger partial charge in [0, 0.05) is 18.3 Å². The van der Waals surface area contributed by atoms with Crippen LogP contribution in [0.3, 0.4) is 0 Å². The second-order valence-corrected chi connectivity index (χ2v) is 8.31. The summed E-state index contributed by atoms with van der Waals surface area (Å²) in [4.78, 5) is 27.2. The molecule has 2 aromatic carbocycles. The maximum Gasteiger partial charge on any atom is 0.242 e. The smallest absolute Gasteiger partial charge is 0.242 e. The topological polar surface area (TPSA) is 49.4 Å². The number of thioether (sulfide) groups is 1. The summed E-state index contributed by atoms with van der Waals surface area (Å²) in [5.41, 5.74) is 3.39. The van der Waals surface area contributed by atoms with Gasteiger partial charge < -0.3 is 10.2 Å². The average molecular weight is 399 g/mol. The maximum absolute atomic E-state index is 13.0. The first-order valence-electron chi connectivity index (χ1n) is 9.64. The Kier molecular flexibility index (Phi) is 8.58. The number of carbonyl (C=O) groups excluding carboxylic acids is 2. The molecule has 0 spiro atoms. The third kappa shape index (κ3) is 7.04. The number of carbonyl (C=O) groups is 2. The van der Waals surface area contributed by atoms with Gasteiger partial charge in [-0.3, -0.25) is 9.59 Å². The molecule has 4 nitrogen and oxygen atoms in total. The molecule has 5 heteroatoms. The molecule has 0 heterocycles. The van der Waals surface area contributed by atoms with Crippen LogP contribution in [-0.2, 0) is 21.9 Å². The van der Waals surface area contributed by atoms with Crippen molar-refractivity contribution < 1.29 is 9.59 Å². The first-order chi connectivity index (χ1) is 13.4. The Morgan fingerprint density at radius 3 is 2.21 bits per heavy atom. The van der Waals surface area contributed by atoms with E-state index in [1.165, 1.54) is 11.1 Å². The highest BCUT2D eigenvalue weighted by Crippen LogP contribution is 2.16. The zero-order valence-electron chi connectivity index (χ0n) is 17.1. The van der Waals surface area contributed by atoms with Gasteiger partial charge >= 0.3 is 0 Å². The average Bonchev–Trinajstić information content (AvgIpc) is 2.67. The number of hydrogen-bond donors (Lipinski definition) is 1. The summed E-state index contributed by atoms with van der Waals surface area (Å²) >= 11 is 1.58. The van der Waals surface area contributed by atoms with E-state index >= 15 is 0 Å². The molecule has 1 atom stereocenters. The molecule has 0 aromatic heterocycles. The lowest BCUT2D eigenvalue weighted by Gasteiger charge is -2.29.